The van der Waals surface area contributed by atoms with Crippen LogP contribution in [0.1, 0.15) is 19.8 Å². The third-order valence-corrected chi connectivity index (χ3v) is 3.53. The molecule has 0 spiro atoms. The van der Waals surface area contributed by atoms with Crippen molar-refractivity contribution in [2.75, 3.05) is 25.1 Å². The topological polar surface area (TPSA) is 77.2 Å². The highest BCUT2D eigenvalue weighted by Gasteiger charge is 2.27. The van der Waals surface area contributed by atoms with Gasteiger partial charge in [-0.25, -0.2) is 0 Å². The summed E-state index contributed by atoms with van der Waals surface area (Å²) < 4.78 is 5.00. The summed E-state index contributed by atoms with van der Waals surface area (Å²) in [5, 5.41) is 0.153. The van der Waals surface area contributed by atoms with E-state index in [-0.39, 0.29) is 17.3 Å². The highest BCUT2D eigenvalue weighted by atomic mass is 35.5. The maximum atomic E-state index is 6.09. The number of aromatic nitrogens is 3. The fourth-order valence-electron chi connectivity index (χ4n) is 2.22. The number of methoxy groups -OCH3 is 1. The summed E-state index contributed by atoms with van der Waals surface area (Å²) in [4.78, 5) is 14.3. The van der Waals surface area contributed by atoms with Crippen LogP contribution in [0.15, 0.2) is 0 Å². The van der Waals surface area contributed by atoms with E-state index < -0.39 is 0 Å². The molecule has 100 valence electrons. The Hall–Kier alpha value is -1.14. The van der Waals surface area contributed by atoms with Crippen molar-refractivity contribution in [2.45, 2.75) is 25.8 Å². The molecule has 0 saturated carbocycles. The van der Waals surface area contributed by atoms with E-state index >= 15 is 0 Å². The Kier molecular flexibility index (Phi) is 4.19. The van der Waals surface area contributed by atoms with Gasteiger partial charge >= 0.3 is 6.01 Å². The predicted molar refractivity (Wildman–Crippen MR) is 70.0 cm³/mol. The van der Waals surface area contributed by atoms with Gasteiger partial charge in [0, 0.05) is 19.1 Å². The monoisotopic (exact) mass is 271 g/mol. The minimum atomic E-state index is 0.153. The Labute approximate surface area is 112 Å². The van der Waals surface area contributed by atoms with Crippen LogP contribution in [0, 0.1) is 5.92 Å². The van der Waals surface area contributed by atoms with E-state index in [0.29, 0.717) is 11.9 Å². The molecule has 0 aromatic carbocycles. The van der Waals surface area contributed by atoms with Crippen molar-refractivity contribution in [1.29, 1.82) is 0 Å². The quantitative estimate of drug-likeness (QED) is 0.887. The third kappa shape index (κ3) is 2.81. The van der Waals surface area contributed by atoms with Gasteiger partial charge in [0.2, 0.25) is 11.2 Å². The Morgan fingerprint density at radius 2 is 2.22 bits per heavy atom. The second-order valence-electron chi connectivity index (χ2n) is 4.46. The van der Waals surface area contributed by atoms with Gasteiger partial charge in [-0.05, 0) is 23.9 Å². The molecule has 1 aromatic rings. The molecule has 0 amide bonds. The van der Waals surface area contributed by atoms with Crippen LogP contribution in [0.2, 0.25) is 5.28 Å². The van der Waals surface area contributed by atoms with E-state index in [2.05, 4.69) is 26.8 Å². The summed E-state index contributed by atoms with van der Waals surface area (Å²) in [5.74, 6) is 1.03. The van der Waals surface area contributed by atoms with Gasteiger partial charge < -0.3 is 15.4 Å². The number of nitrogens with two attached hydrogens (primary N) is 1. The lowest BCUT2D eigenvalue weighted by molar-refractivity contribution is 0.341. The van der Waals surface area contributed by atoms with Crippen molar-refractivity contribution in [3.05, 3.63) is 5.28 Å². The fraction of sp³-hybridized carbons (Fsp3) is 0.727. The molecule has 0 aliphatic carbocycles. The van der Waals surface area contributed by atoms with Gasteiger partial charge in [0.05, 0.1) is 7.11 Å². The Morgan fingerprint density at radius 1 is 1.44 bits per heavy atom. The van der Waals surface area contributed by atoms with E-state index in [1.807, 2.05) is 0 Å². The van der Waals surface area contributed by atoms with Crippen LogP contribution < -0.4 is 15.4 Å². The minimum Gasteiger partial charge on any atom is -0.467 e. The van der Waals surface area contributed by atoms with Crippen LogP contribution in [0.4, 0.5) is 5.95 Å². The molecule has 1 aliphatic heterocycles. The van der Waals surface area contributed by atoms with Crippen molar-refractivity contribution in [3.63, 3.8) is 0 Å². The molecule has 2 rings (SSSR count). The van der Waals surface area contributed by atoms with Crippen LogP contribution in [0.25, 0.3) is 0 Å². The molecule has 2 unspecified atom stereocenters. The maximum absolute atomic E-state index is 6.09. The molecule has 1 aromatic heterocycles. The van der Waals surface area contributed by atoms with Crippen molar-refractivity contribution in [1.82, 2.24) is 15.0 Å². The lowest BCUT2D eigenvalue weighted by atomic mass is 9.91. The summed E-state index contributed by atoms with van der Waals surface area (Å²) in [5.41, 5.74) is 6.09. The zero-order valence-corrected chi connectivity index (χ0v) is 11.4. The van der Waals surface area contributed by atoms with Gasteiger partial charge in [0.25, 0.3) is 0 Å². The van der Waals surface area contributed by atoms with Crippen LogP contribution in [-0.2, 0) is 0 Å². The molecular weight excluding hydrogens is 254 g/mol. The lowest BCUT2D eigenvalue weighted by Crippen LogP contribution is -2.47. The highest BCUT2D eigenvalue weighted by Crippen LogP contribution is 2.23. The molecule has 7 heteroatoms. The molecule has 2 atom stereocenters. The lowest BCUT2D eigenvalue weighted by Gasteiger charge is -2.36. The zero-order chi connectivity index (χ0) is 13.1. The molecule has 1 saturated heterocycles. The number of nitrogens with zero attached hydrogens (tertiary/aromatic N) is 4. The van der Waals surface area contributed by atoms with E-state index in [1.165, 1.54) is 7.11 Å². The first-order valence-electron chi connectivity index (χ1n) is 6.10. The summed E-state index contributed by atoms with van der Waals surface area (Å²) in [6, 6.07) is 0.498. The minimum absolute atomic E-state index is 0.153. The van der Waals surface area contributed by atoms with Gasteiger partial charge in [-0.2, -0.15) is 15.0 Å². The number of hydrogen-bond acceptors (Lipinski definition) is 6. The van der Waals surface area contributed by atoms with Crippen LogP contribution in [0.5, 0.6) is 6.01 Å². The van der Waals surface area contributed by atoms with Gasteiger partial charge in [0.15, 0.2) is 0 Å². The van der Waals surface area contributed by atoms with E-state index in [0.717, 1.165) is 25.9 Å². The number of piperidine rings is 1. The molecule has 0 radical (unpaired) electrons. The molecule has 18 heavy (non-hydrogen) atoms. The average Bonchev–Trinajstić information content (AvgIpc) is 2.38. The van der Waals surface area contributed by atoms with E-state index in [4.69, 9.17) is 22.1 Å². The van der Waals surface area contributed by atoms with E-state index in [1.54, 1.807) is 0 Å². The average molecular weight is 272 g/mol. The summed E-state index contributed by atoms with van der Waals surface area (Å²) >= 11 is 5.85. The Bertz CT molecular complexity index is 416. The van der Waals surface area contributed by atoms with Crippen molar-refractivity contribution in [3.8, 4) is 6.01 Å². The summed E-state index contributed by atoms with van der Waals surface area (Å²) in [7, 11) is 1.51. The zero-order valence-electron chi connectivity index (χ0n) is 10.6. The number of rotatable bonds is 3. The molecule has 2 heterocycles. The standard InChI is InChI=1S/C11H18ClN5O/c1-3-7-6-17(5-4-8(7)13)10-14-9(12)15-11(16-10)18-2/h7-8H,3-6,13H2,1-2H3. The van der Waals surface area contributed by atoms with Gasteiger partial charge in [-0.3, -0.25) is 0 Å². The number of anilines is 1. The fourth-order valence-corrected chi connectivity index (χ4v) is 2.37. The second-order valence-corrected chi connectivity index (χ2v) is 4.80. The number of ether oxygens (including phenoxy) is 1. The van der Waals surface area contributed by atoms with Crippen molar-refractivity contribution < 1.29 is 4.74 Å². The molecule has 2 N–H and O–H groups in total. The first-order valence-corrected chi connectivity index (χ1v) is 6.48. The highest BCUT2D eigenvalue weighted by molar-refractivity contribution is 6.28. The normalized spacial score (nSPS) is 24.1. The molecule has 6 nitrogen and oxygen atoms in total. The van der Waals surface area contributed by atoms with Gasteiger partial charge in [0.1, 0.15) is 0 Å². The Morgan fingerprint density at radius 3 is 2.89 bits per heavy atom. The van der Waals surface area contributed by atoms with Crippen molar-refractivity contribution >= 4 is 17.5 Å². The summed E-state index contributed by atoms with van der Waals surface area (Å²) in [6.45, 7) is 3.83. The largest absolute Gasteiger partial charge is 0.467 e. The van der Waals surface area contributed by atoms with Gasteiger partial charge in [-0.15, -0.1) is 0 Å². The maximum Gasteiger partial charge on any atom is 0.322 e. The Balaban J connectivity index is 2.18. The van der Waals surface area contributed by atoms with Crippen LogP contribution in [0.3, 0.4) is 0 Å². The molecular formula is C11H18ClN5O. The number of hydrogen-bond donors (Lipinski definition) is 1. The third-order valence-electron chi connectivity index (χ3n) is 3.36. The number of halogens is 1. The predicted octanol–water partition coefficient (Wildman–Crippen LogP) is 1.10. The molecule has 1 aliphatic rings. The first kappa shape index (κ1) is 13.3. The van der Waals surface area contributed by atoms with Crippen molar-refractivity contribution in [2.24, 2.45) is 11.7 Å². The smallest absolute Gasteiger partial charge is 0.322 e. The first-order chi connectivity index (χ1) is 8.63. The molecule has 0 bridgehead atoms. The summed E-state index contributed by atoms with van der Waals surface area (Å²) in [6.07, 6.45) is 1.98. The van der Waals surface area contributed by atoms with E-state index in [9.17, 15) is 0 Å². The van der Waals surface area contributed by atoms with Crippen LogP contribution in [-0.4, -0.2) is 41.2 Å². The SMILES string of the molecule is CCC1CN(c2nc(Cl)nc(OC)n2)CCC1N. The molecule has 1 fully saturated rings. The second kappa shape index (κ2) is 5.67. The van der Waals surface area contributed by atoms with Crippen LogP contribution >= 0.6 is 11.6 Å². The van der Waals surface area contributed by atoms with Gasteiger partial charge in [-0.1, -0.05) is 13.3 Å².